The topological polar surface area (TPSA) is 42.4 Å². The minimum atomic E-state index is 0.850. The molecule has 0 amide bonds. The van der Waals surface area contributed by atoms with E-state index in [1.54, 1.807) is 11.3 Å². The number of para-hydroxylation sites is 1. The Morgan fingerprint density at radius 1 is 0.414 bits per heavy atom. The van der Waals surface area contributed by atoms with Gasteiger partial charge in [0.2, 0.25) is 0 Å². The van der Waals surface area contributed by atoms with E-state index in [2.05, 4.69) is 181 Å². The first-order valence-electron chi connectivity index (χ1n) is 19.4. The van der Waals surface area contributed by atoms with Crippen molar-refractivity contribution in [2.24, 2.45) is 0 Å². The van der Waals surface area contributed by atoms with Crippen LogP contribution in [0.3, 0.4) is 0 Å². The Balaban J connectivity index is 0.954. The fraction of sp³-hybridized carbons (Fsp3) is 0. The van der Waals surface area contributed by atoms with Crippen molar-refractivity contribution in [2.45, 2.75) is 0 Å². The van der Waals surface area contributed by atoms with Crippen LogP contribution < -0.4 is 4.90 Å². The van der Waals surface area contributed by atoms with Crippen LogP contribution in [0.15, 0.2) is 203 Å². The number of aromatic nitrogens is 1. The van der Waals surface area contributed by atoms with Crippen LogP contribution in [0.1, 0.15) is 0 Å². The van der Waals surface area contributed by atoms with Gasteiger partial charge in [-0.3, -0.25) is 0 Å². The number of hydrogen-bond acceptors (Lipinski definition) is 5. The molecule has 0 N–H and O–H groups in total. The van der Waals surface area contributed by atoms with Crippen LogP contribution in [0, 0.1) is 0 Å². The average molecular weight is 761 g/mol. The van der Waals surface area contributed by atoms with Crippen LogP contribution in [0.4, 0.5) is 17.1 Å². The van der Waals surface area contributed by atoms with Crippen molar-refractivity contribution in [3.05, 3.63) is 194 Å². The molecule has 58 heavy (non-hydrogen) atoms. The van der Waals surface area contributed by atoms with Gasteiger partial charge in [-0.25, -0.2) is 4.98 Å². The number of benzene rings is 9. The summed E-state index contributed by atoms with van der Waals surface area (Å²) in [5, 5.41) is 7.81. The van der Waals surface area contributed by atoms with E-state index in [9.17, 15) is 0 Å². The zero-order chi connectivity index (χ0) is 38.2. The first-order chi connectivity index (χ1) is 28.7. The second-order valence-electron chi connectivity index (χ2n) is 14.7. The van der Waals surface area contributed by atoms with Crippen molar-refractivity contribution < 1.29 is 8.83 Å². The molecule has 0 saturated carbocycles. The molecule has 0 fully saturated rings. The molecule has 0 aliphatic heterocycles. The molecule has 0 spiro atoms. The molecule has 0 aliphatic carbocycles. The lowest BCUT2D eigenvalue weighted by atomic mass is 9.98. The molecule has 3 heterocycles. The van der Waals surface area contributed by atoms with Crippen LogP contribution in [0.25, 0.3) is 97.7 Å². The lowest BCUT2D eigenvalue weighted by molar-refractivity contribution is 0.668. The van der Waals surface area contributed by atoms with Crippen molar-refractivity contribution in [3.8, 4) is 32.8 Å². The zero-order valence-corrected chi connectivity index (χ0v) is 31.9. The van der Waals surface area contributed by atoms with Gasteiger partial charge in [-0.15, -0.1) is 11.3 Å². The molecule has 0 atom stereocenters. The van der Waals surface area contributed by atoms with E-state index >= 15 is 0 Å². The third-order valence-corrected chi connectivity index (χ3v) is 12.4. The molecule has 272 valence electrons. The second kappa shape index (κ2) is 13.1. The first-order valence-corrected chi connectivity index (χ1v) is 20.3. The Morgan fingerprint density at radius 3 is 1.90 bits per heavy atom. The number of fused-ring (bicyclic) bond motifs is 9. The van der Waals surface area contributed by atoms with Crippen molar-refractivity contribution in [1.82, 2.24) is 4.98 Å². The van der Waals surface area contributed by atoms with Gasteiger partial charge in [0.05, 0.1) is 26.7 Å². The minimum absolute atomic E-state index is 0.850. The van der Waals surface area contributed by atoms with Gasteiger partial charge in [0.1, 0.15) is 27.3 Å². The van der Waals surface area contributed by atoms with Crippen molar-refractivity contribution in [2.75, 3.05) is 4.90 Å². The third-order valence-electron chi connectivity index (χ3n) is 11.3. The van der Waals surface area contributed by atoms with Gasteiger partial charge in [0, 0.05) is 27.7 Å². The van der Waals surface area contributed by atoms with Crippen molar-refractivity contribution >= 4 is 93.3 Å². The SMILES string of the molecule is c1ccc(-c2nc3c(ccc4oc5cc(-c6ccc(N(c7ccc(-c8cccc9ccccc89)cc7)c7cccc8oc9ccccc9c78)cc6)ccc5c43)s2)cc1. The van der Waals surface area contributed by atoms with Crippen LogP contribution >= 0.6 is 11.3 Å². The van der Waals surface area contributed by atoms with Gasteiger partial charge in [0.25, 0.3) is 0 Å². The Morgan fingerprint density at radius 2 is 1.05 bits per heavy atom. The molecule has 0 bridgehead atoms. The van der Waals surface area contributed by atoms with Crippen LogP contribution in [0.2, 0.25) is 0 Å². The monoisotopic (exact) mass is 760 g/mol. The van der Waals surface area contributed by atoms with Crippen molar-refractivity contribution in [1.29, 1.82) is 0 Å². The Labute approximate surface area is 337 Å². The molecule has 12 aromatic rings. The molecule has 4 nitrogen and oxygen atoms in total. The maximum Gasteiger partial charge on any atom is 0.137 e. The molecule has 3 aromatic heterocycles. The summed E-state index contributed by atoms with van der Waals surface area (Å²) in [6.07, 6.45) is 0. The van der Waals surface area contributed by atoms with Crippen LogP contribution in [-0.2, 0) is 0 Å². The first kappa shape index (κ1) is 32.7. The maximum absolute atomic E-state index is 6.50. The number of hydrogen-bond donors (Lipinski definition) is 0. The Bertz CT molecular complexity index is 3500. The van der Waals surface area contributed by atoms with E-state index in [1.807, 2.05) is 18.2 Å². The summed E-state index contributed by atoms with van der Waals surface area (Å²) in [6.45, 7) is 0. The van der Waals surface area contributed by atoms with Gasteiger partial charge >= 0.3 is 0 Å². The number of furan rings is 2. The highest BCUT2D eigenvalue weighted by Crippen LogP contribution is 2.45. The number of anilines is 3. The largest absolute Gasteiger partial charge is 0.456 e. The fourth-order valence-electron chi connectivity index (χ4n) is 8.58. The third kappa shape index (κ3) is 5.25. The van der Waals surface area contributed by atoms with E-state index < -0.39 is 0 Å². The van der Waals surface area contributed by atoms with Crippen LogP contribution in [0.5, 0.6) is 0 Å². The zero-order valence-electron chi connectivity index (χ0n) is 31.1. The average Bonchev–Trinajstić information content (AvgIpc) is 4.01. The molecular weight excluding hydrogens is 729 g/mol. The fourth-order valence-corrected chi connectivity index (χ4v) is 9.56. The summed E-state index contributed by atoms with van der Waals surface area (Å²) in [5.74, 6) is 0. The van der Waals surface area contributed by atoms with Gasteiger partial charge in [-0.1, -0.05) is 127 Å². The van der Waals surface area contributed by atoms with Gasteiger partial charge in [-0.05, 0) is 99.8 Å². The molecule has 0 unspecified atom stereocenters. The maximum atomic E-state index is 6.50. The Hall–Kier alpha value is -7.47. The summed E-state index contributed by atoms with van der Waals surface area (Å²) in [6, 6.07) is 68.5. The predicted molar refractivity (Wildman–Crippen MR) is 243 cm³/mol. The number of nitrogens with zero attached hydrogens (tertiary/aromatic N) is 2. The molecule has 9 aromatic carbocycles. The molecule has 12 rings (SSSR count). The molecule has 0 radical (unpaired) electrons. The normalized spacial score (nSPS) is 11.8. The molecule has 0 aliphatic rings. The standard InChI is InChI=1S/C53H32N2O2S/c1-2-11-36(12-3-1)53-54-52-49(58-53)31-30-47-51(52)43-29-24-37(32-48(43)57-47)33-20-25-38(26-21-33)55(44-17-9-19-46-50(44)42-15-6-7-18-45(42)56-46)39-27-22-35(23-28-39)41-16-8-13-34-10-4-5-14-40(34)41/h1-32H. The summed E-state index contributed by atoms with van der Waals surface area (Å²) in [5.41, 5.74) is 13.3. The predicted octanol–water partition coefficient (Wildman–Crippen LogP) is 15.7. The van der Waals surface area contributed by atoms with E-state index in [-0.39, 0.29) is 0 Å². The minimum Gasteiger partial charge on any atom is -0.456 e. The van der Waals surface area contributed by atoms with E-state index in [1.165, 1.54) is 21.9 Å². The lowest BCUT2D eigenvalue weighted by Crippen LogP contribution is -2.10. The lowest BCUT2D eigenvalue weighted by Gasteiger charge is -2.26. The quantitative estimate of drug-likeness (QED) is 0.169. The second-order valence-corrected chi connectivity index (χ2v) is 15.7. The highest BCUT2D eigenvalue weighted by atomic mass is 32.1. The summed E-state index contributed by atoms with van der Waals surface area (Å²) in [4.78, 5) is 7.44. The smallest absolute Gasteiger partial charge is 0.137 e. The summed E-state index contributed by atoms with van der Waals surface area (Å²) in [7, 11) is 0. The number of rotatable bonds is 6. The van der Waals surface area contributed by atoms with Gasteiger partial charge in [0.15, 0.2) is 0 Å². The van der Waals surface area contributed by atoms with Crippen molar-refractivity contribution in [3.63, 3.8) is 0 Å². The van der Waals surface area contributed by atoms with E-state index in [0.29, 0.717) is 0 Å². The Kier molecular flexibility index (Phi) is 7.37. The molecule has 0 saturated heterocycles. The van der Waals surface area contributed by atoms with Gasteiger partial charge in [-0.2, -0.15) is 0 Å². The summed E-state index contributed by atoms with van der Waals surface area (Å²) >= 11 is 1.72. The van der Waals surface area contributed by atoms with E-state index in [0.717, 1.165) is 92.9 Å². The summed E-state index contributed by atoms with van der Waals surface area (Å²) < 4.78 is 14.0. The molecule has 5 heteroatoms. The molecular formula is C53H32N2O2S. The highest BCUT2D eigenvalue weighted by molar-refractivity contribution is 7.21. The van der Waals surface area contributed by atoms with Crippen LogP contribution in [-0.4, -0.2) is 4.98 Å². The number of thiazole rings is 1. The van der Waals surface area contributed by atoms with E-state index in [4.69, 9.17) is 13.8 Å². The van der Waals surface area contributed by atoms with Gasteiger partial charge < -0.3 is 13.7 Å². The highest BCUT2D eigenvalue weighted by Gasteiger charge is 2.21.